The number of hydrogen-bond donors (Lipinski definition) is 2. The van der Waals surface area contributed by atoms with Gasteiger partial charge in [-0.2, -0.15) is 0 Å². The van der Waals surface area contributed by atoms with E-state index in [2.05, 4.69) is 5.43 Å². The molecule has 0 bridgehead atoms. The number of nitrogens with one attached hydrogen (secondary N) is 1. The van der Waals surface area contributed by atoms with E-state index in [-0.39, 0.29) is 12.2 Å². The van der Waals surface area contributed by atoms with Gasteiger partial charge in [-0.25, -0.2) is 14.2 Å². The van der Waals surface area contributed by atoms with Crippen molar-refractivity contribution in [3.63, 3.8) is 0 Å². The molecule has 0 saturated heterocycles. The lowest BCUT2D eigenvalue weighted by atomic mass is 10.0. The number of benzene rings is 2. The first-order chi connectivity index (χ1) is 10.2. The van der Waals surface area contributed by atoms with E-state index >= 15 is 0 Å². The Kier molecular flexibility index (Phi) is 3.72. The van der Waals surface area contributed by atoms with Gasteiger partial charge in [0, 0.05) is 11.6 Å². The number of hydrogen-bond acceptors (Lipinski definition) is 4. The summed E-state index contributed by atoms with van der Waals surface area (Å²) in [5.41, 5.74) is 2.74. The highest BCUT2D eigenvalue weighted by Gasteiger charge is 2.31. The Hall–Kier alpha value is -2.18. The molecule has 0 fully saturated rings. The molecule has 2 unspecified atom stereocenters. The molecule has 2 aromatic rings. The van der Waals surface area contributed by atoms with Gasteiger partial charge in [-0.05, 0) is 18.2 Å². The Labute approximate surface area is 120 Å². The number of halogens is 2. The molecule has 0 aromatic heterocycles. The number of para-hydroxylation sites is 2. The zero-order valence-corrected chi connectivity index (χ0v) is 11.1. The largest absolute Gasteiger partial charge is 0.486 e. The molecule has 0 spiro atoms. The van der Waals surface area contributed by atoms with Crippen LogP contribution in [0.2, 0.25) is 0 Å². The smallest absolute Gasteiger partial charge is 0.161 e. The third-order valence-electron chi connectivity index (χ3n) is 3.38. The van der Waals surface area contributed by atoms with Crippen LogP contribution in [0.25, 0.3) is 0 Å². The molecule has 0 aliphatic carbocycles. The SMILES string of the molecule is NNC(c1ccc(F)cc1F)C1COc2ccccc2O1. The molecule has 2 atom stereocenters. The number of hydrazine groups is 1. The fourth-order valence-corrected chi connectivity index (χ4v) is 2.35. The number of fused-ring (bicyclic) bond motifs is 1. The van der Waals surface area contributed by atoms with E-state index in [1.54, 1.807) is 12.1 Å². The van der Waals surface area contributed by atoms with Gasteiger partial charge in [0.1, 0.15) is 18.2 Å². The fraction of sp³-hybridized carbons (Fsp3) is 0.200. The van der Waals surface area contributed by atoms with Crippen LogP contribution in [0.3, 0.4) is 0 Å². The molecular weight excluding hydrogens is 278 g/mol. The van der Waals surface area contributed by atoms with Crippen molar-refractivity contribution in [3.8, 4) is 11.5 Å². The summed E-state index contributed by atoms with van der Waals surface area (Å²) in [5, 5.41) is 0. The standard InChI is InChI=1S/C15H14F2N2O2/c16-9-5-6-10(11(17)7-9)15(19-18)14-8-20-12-3-1-2-4-13(12)21-14/h1-7,14-15,19H,8,18H2. The summed E-state index contributed by atoms with van der Waals surface area (Å²) in [6.45, 7) is 0.211. The summed E-state index contributed by atoms with van der Waals surface area (Å²) in [6, 6.07) is 9.88. The third kappa shape index (κ3) is 2.68. The second-order valence-electron chi connectivity index (χ2n) is 4.72. The van der Waals surface area contributed by atoms with Crippen LogP contribution in [0.5, 0.6) is 11.5 Å². The highest BCUT2D eigenvalue weighted by atomic mass is 19.1. The van der Waals surface area contributed by atoms with Gasteiger partial charge in [-0.15, -0.1) is 0 Å². The molecule has 3 rings (SSSR count). The molecular formula is C15H14F2N2O2. The first kappa shape index (κ1) is 13.8. The van der Waals surface area contributed by atoms with Crippen molar-refractivity contribution >= 4 is 0 Å². The van der Waals surface area contributed by atoms with Crippen LogP contribution in [0, 0.1) is 11.6 Å². The highest BCUT2D eigenvalue weighted by molar-refractivity contribution is 5.41. The second kappa shape index (κ2) is 5.67. The van der Waals surface area contributed by atoms with E-state index in [1.807, 2.05) is 12.1 Å². The molecule has 21 heavy (non-hydrogen) atoms. The van der Waals surface area contributed by atoms with E-state index in [9.17, 15) is 8.78 Å². The van der Waals surface area contributed by atoms with Crippen molar-refractivity contribution in [1.82, 2.24) is 5.43 Å². The van der Waals surface area contributed by atoms with Crippen LogP contribution < -0.4 is 20.7 Å². The summed E-state index contributed by atoms with van der Waals surface area (Å²) >= 11 is 0. The van der Waals surface area contributed by atoms with Crippen molar-refractivity contribution < 1.29 is 18.3 Å². The van der Waals surface area contributed by atoms with Gasteiger partial charge in [0.2, 0.25) is 0 Å². The minimum Gasteiger partial charge on any atom is -0.486 e. The molecule has 1 heterocycles. The zero-order valence-electron chi connectivity index (χ0n) is 11.1. The molecule has 0 amide bonds. The number of nitrogens with two attached hydrogens (primary N) is 1. The van der Waals surface area contributed by atoms with Crippen LogP contribution >= 0.6 is 0 Å². The fourth-order valence-electron chi connectivity index (χ4n) is 2.35. The molecule has 1 aliphatic rings. The normalized spacial score (nSPS) is 18.3. The van der Waals surface area contributed by atoms with Gasteiger partial charge in [0.25, 0.3) is 0 Å². The molecule has 3 N–H and O–H groups in total. The summed E-state index contributed by atoms with van der Waals surface area (Å²) in [4.78, 5) is 0. The Morgan fingerprint density at radius 1 is 1.14 bits per heavy atom. The maximum atomic E-state index is 13.9. The maximum absolute atomic E-state index is 13.9. The van der Waals surface area contributed by atoms with E-state index in [1.165, 1.54) is 12.1 Å². The molecule has 6 heteroatoms. The molecule has 0 saturated carbocycles. The lowest BCUT2D eigenvalue weighted by molar-refractivity contribution is 0.0607. The average Bonchev–Trinajstić information content (AvgIpc) is 2.50. The number of rotatable bonds is 3. The van der Waals surface area contributed by atoms with Crippen LogP contribution in [-0.4, -0.2) is 12.7 Å². The Bertz CT molecular complexity index is 651. The van der Waals surface area contributed by atoms with Gasteiger partial charge in [-0.3, -0.25) is 5.84 Å². The maximum Gasteiger partial charge on any atom is 0.161 e. The molecule has 110 valence electrons. The highest BCUT2D eigenvalue weighted by Crippen LogP contribution is 2.34. The first-order valence-electron chi connectivity index (χ1n) is 6.48. The summed E-state index contributed by atoms with van der Waals surface area (Å²) in [6.07, 6.45) is -0.523. The van der Waals surface area contributed by atoms with Crippen LogP contribution in [0.1, 0.15) is 11.6 Å². The average molecular weight is 292 g/mol. The van der Waals surface area contributed by atoms with Crippen LogP contribution in [-0.2, 0) is 0 Å². The number of ether oxygens (including phenoxy) is 2. The molecule has 2 aromatic carbocycles. The van der Waals surface area contributed by atoms with Gasteiger partial charge in [0.15, 0.2) is 17.6 Å². The second-order valence-corrected chi connectivity index (χ2v) is 4.72. The monoisotopic (exact) mass is 292 g/mol. The van der Waals surface area contributed by atoms with E-state index in [0.717, 1.165) is 6.07 Å². The van der Waals surface area contributed by atoms with Crippen LogP contribution in [0.4, 0.5) is 8.78 Å². The Morgan fingerprint density at radius 2 is 1.90 bits per heavy atom. The van der Waals surface area contributed by atoms with E-state index < -0.39 is 23.8 Å². The Balaban J connectivity index is 1.88. The predicted molar refractivity (Wildman–Crippen MR) is 72.8 cm³/mol. The lowest BCUT2D eigenvalue weighted by Gasteiger charge is -2.32. The van der Waals surface area contributed by atoms with Crippen molar-refractivity contribution in [2.75, 3.05) is 6.61 Å². The van der Waals surface area contributed by atoms with Gasteiger partial charge >= 0.3 is 0 Å². The quantitative estimate of drug-likeness (QED) is 0.673. The predicted octanol–water partition coefficient (Wildman–Crippen LogP) is 2.31. The van der Waals surface area contributed by atoms with Gasteiger partial charge in [-0.1, -0.05) is 18.2 Å². The minimum absolute atomic E-state index is 0.211. The van der Waals surface area contributed by atoms with Crippen molar-refractivity contribution in [2.45, 2.75) is 12.1 Å². The van der Waals surface area contributed by atoms with Gasteiger partial charge in [0.05, 0.1) is 6.04 Å². The summed E-state index contributed by atoms with van der Waals surface area (Å²) in [5.74, 6) is 5.39. The van der Waals surface area contributed by atoms with E-state index in [4.69, 9.17) is 15.3 Å². The first-order valence-corrected chi connectivity index (χ1v) is 6.48. The Morgan fingerprint density at radius 3 is 2.62 bits per heavy atom. The van der Waals surface area contributed by atoms with Crippen LogP contribution in [0.15, 0.2) is 42.5 Å². The topological polar surface area (TPSA) is 56.5 Å². The minimum atomic E-state index is -0.680. The van der Waals surface area contributed by atoms with E-state index in [0.29, 0.717) is 11.5 Å². The lowest BCUT2D eigenvalue weighted by Crippen LogP contribution is -2.44. The molecule has 4 nitrogen and oxygen atoms in total. The third-order valence-corrected chi connectivity index (χ3v) is 3.38. The zero-order chi connectivity index (χ0) is 14.8. The summed E-state index contributed by atoms with van der Waals surface area (Å²) in [7, 11) is 0. The van der Waals surface area contributed by atoms with Crippen molar-refractivity contribution in [1.29, 1.82) is 0 Å². The van der Waals surface area contributed by atoms with Crippen molar-refractivity contribution in [3.05, 3.63) is 59.7 Å². The van der Waals surface area contributed by atoms with Gasteiger partial charge < -0.3 is 9.47 Å². The summed E-state index contributed by atoms with van der Waals surface area (Å²) < 4.78 is 38.3. The molecule has 1 aliphatic heterocycles. The van der Waals surface area contributed by atoms with Crippen molar-refractivity contribution in [2.24, 2.45) is 5.84 Å². The molecule has 0 radical (unpaired) electrons.